The maximum absolute atomic E-state index is 11.1. The minimum atomic E-state index is -0.518. The van der Waals surface area contributed by atoms with Gasteiger partial charge in [0.15, 0.2) is 0 Å². The molecule has 2 rings (SSSR count). The lowest BCUT2D eigenvalue weighted by molar-refractivity contribution is 0.150. The van der Waals surface area contributed by atoms with Crippen molar-refractivity contribution in [3.05, 3.63) is 30.3 Å². The summed E-state index contributed by atoms with van der Waals surface area (Å²) in [6.45, 7) is 2.17. The average Bonchev–Trinajstić information content (AvgIpc) is 2.87. The number of rotatable bonds is 4. The third kappa shape index (κ3) is 3.03. The fourth-order valence-corrected chi connectivity index (χ4v) is 1.25. The number of ether oxygens (including phenoxy) is 1. The van der Waals surface area contributed by atoms with Gasteiger partial charge in [-0.05, 0) is 19.1 Å². The molecule has 2 aromatic rings. The molecule has 0 spiro atoms. The van der Waals surface area contributed by atoms with Crippen LogP contribution in [0.1, 0.15) is 12.8 Å². The van der Waals surface area contributed by atoms with E-state index in [-0.39, 0.29) is 6.54 Å². The minimum absolute atomic E-state index is 0.124. The van der Waals surface area contributed by atoms with E-state index in [2.05, 4.69) is 20.5 Å². The van der Waals surface area contributed by atoms with Crippen molar-refractivity contribution in [2.75, 3.05) is 6.61 Å². The molecule has 0 fully saturated rings. The number of hydrogen-bond donors (Lipinski definition) is 1. The van der Waals surface area contributed by atoms with Crippen molar-refractivity contribution in [2.45, 2.75) is 13.5 Å². The second-order valence-electron chi connectivity index (χ2n) is 3.29. The molecule has 94 valence electrons. The smallest absolute Gasteiger partial charge is 0.407 e. The zero-order chi connectivity index (χ0) is 12.8. The molecule has 0 unspecified atom stereocenters. The van der Waals surface area contributed by atoms with Crippen molar-refractivity contribution in [2.24, 2.45) is 0 Å². The fraction of sp³-hybridized carbons (Fsp3) is 0.273. The van der Waals surface area contributed by atoms with Crippen molar-refractivity contribution >= 4 is 6.09 Å². The molecule has 1 amide bonds. The number of nitrogens with one attached hydrogen (secondary N) is 1. The number of carbonyl (C=O) groups is 1. The van der Waals surface area contributed by atoms with Gasteiger partial charge in [-0.2, -0.15) is 0 Å². The number of carbonyl (C=O) groups excluding carboxylic acids is 1. The van der Waals surface area contributed by atoms with Gasteiger partial charge in [0.05, 0.1) is 13.2 Å². The van der Waals surface area contributed by atoms with Crippen LogP contribution in [0.3, 0.4) is 0 Å². The lowest BCUT2D eigenvalue weighted by Gasteiger charge is -2.01. The van der Waals surface area contributed by atoms with Crippen LogP contribution in [0.25, 0.3) is 11.6 Å². The second-order valence-corrected chi connectivity index (χ2v) is 3.29. The molecule has 0 aliphatic carbocycles. The summed E-state index contributed by atoms with van der Waals surface area (Å²) in [6.07, 6.45) is 1.12. The summed E-state index contributed by atoms with van der Waals surface area (Å²) < 4.78 is 10.0. The maximum Gasteiger partial charge on any atom is 0.407 e. The van der Waals surface area contributed by atoms with E-state index in [1.807, 2.05) is 6.07 Å². The van der Waals surface area contributed by atoms with Crippen LogP contribution in [0, 0.1) is 0 Å². The maximum atomic E-state index is 11.1. The van der Waals surface area contributed by atoms with Crippen LogP contribution >= 0.6 is 0 Å². The lowest BCUT2D eigenvalue weighted by atomic mass is 10.3. The fourth-order valence-electron chi connectivity index (χ4n) is 1.25. The summed E-state index contributed by atoms with van der Waals surface area (Å²) in [4.78, 5) is 15.1. The molecule has 0 bridgehead atoms. The Kier molecular flexibility index (Phi) is 3.85. The third-order valence-corrected chi connectivity index (χ3v) is 2.01. The SMILES string of the molecule is CCOC(=O)NCc1nnc(-c2ccccn2)o1. The summed E-state index contributed by atoms with van der Waals surface area (Å²) in [6, 6.07) is 5.38. The van der Waals surface area contributed by atoms with Gasteiger partial charge in [-0.15, -0.1) is 10.2 Å². The van der Waals surface area contributed by atoms with Crippen LogP contribution in [0.15, 0.2) is 28.8 Å². The topological polar surface area (TPSA) is 90.1 Å². The Hall–Kier alpha value is -2.44. The minimum Gasteiger partial charge on any atom is -0.450 e. The third-order valence-electron chi connectivity index (χ3n) is 2.01. The standard InChI is InChI=1S/C11H12N4O3/c1-2-17-11(16)13-7-9-14-15-10(18-9)8-5-3-4-6-12-8/h3-6H,2,7H2,1H3,(H,13,16). The van der Waals surface area contributed by atoms with Crippen molar-refractivity contribution < 1.29 is 13.9 Å². The summed E-state index contributed by atoms with van der Waals surface area (Å²) in [5, 5.41) is 10.1. The normalized spacial score (nSPS) is 10.1. The Morgan fingerprint density at radius 3 is 3.06 bits per heavy atom. The van der Waals surface area contributed by atoms with Gasteiger partial charge < -0.3 is 14.5 Å². The predicted octanol–water partition coefficient (Wildman–Crippen LogP) is 1.38. The Morgan fingerprint density at radius 1 is 1.44 bits per heavy atom. The van der Waals surface area contributed by atoms with E-state index in [1.54, 1.807) is 25.3 Å². The lowest BCUT2D eigenvalue weighted by Crippen LogP contribution is -2.23. The highest BCUT2D eigenvalue weighted by molar-refractivity contribution is 5.66. The zero-order valence-electron chi connectivity index (χ0n) is 9.79. The molecule has 0 aromatic carbocycles. The molecule has 7 heteroatoms. The molecule has 1 N–H and O–H groups in total. The van der Waals surface area contributed by atoms with Gasteiger partial charge in [-0.3, -0.25) is 4.98 Å². The van der Waals surface area contributed by atoms with E-state index in [4.69, 9.17) is 9.15 Å². The summed E-state index contributed by atoms with van der Waals surface area (Å²) in [5.41, 5.74) is 0.590. The first-order chi connectivity index (χ1) is 8.79. The predicted molar refractivity (Wildman–Crippen MR) is 61.4 cm³/mol. The van der Waals surface area contributed by atoms with Gasteiger partial charge in [0.2, 0.25) is 5.89 Å². The number of hydrogen-bond acceptors (Lipinski definition) is 6. The molecule has 0 aliphatic heterocycles. The van der Waals surface area contributed by atoms with Crippen LogP contribution in [0.4, 0.5) is 4.79 Å². The molecule has 0 atom stereocenters. The Bertz CT molecular complexity index is 512. The second kappa shape index (κ2) is 5.76. The molecule has 0 radical (unpaired) electrons. The van der Waals surface area contributed by atoms with Crippen molar-refractivity contribution in [3.8, 4) is 11.6 Å². The zero-order valence-corrected chi connectivity index (χ0v) is 9.79. The highest BCUT2D eigenvalue weighted by Crippen LogP contribution is 2.13. The van der Waals surface area contributed by atoms with E-state index < -0.39 is 6.09 Å². The first kappa shape index (κ1) is 12.0. The number of pyridine rings is 1. The average molecular weight is 248 g/mol. The van der Waals surface area contributed by atoms with E-state index in [0.29, 0.717) is 24.1 Å². The Morgan fingerprint density at radius 2 is 2.33 bits per heavy atom. The van der Waals surface area contributed by atoms with E-state index >= 15 is 0 Å². The molecular formula is C11H12N4O3. The van der Waals surface area contributed by atoms with Gasteiger partial charge >= 0.3 is 6.09 Å². The molecule has 0 saturated heterocycles. The van der Waals surface area contributed by atoms with Crippen LogP contribution in [0.5, 0.6) is 0 Å². The number of alkyl carbamates (subject to hydrolysis) is 1. The van der Waals surface area contributed by atoms with Gasteiger partial charge in [0.1, 0.15) is 5.69 Å². The highest BCUT2D eigenvalue weighted by atomic mass is 16.5. The summed E-state index contributed by atoms with van der Waals surface area (Å²) in [5.74, 6) is 0.611. The van der Waals surface area contributed by atoms with Gasteiger partial charge in [0, 0.05) is 6.20 Å². The Labute approximate surface area is 103 Å². The van der Waals surface area contributed by atoms with E-state index in [1.165, 1.54) is 0 Å². The molecule has 2 heterocycles. The van der Waals surface area contributed by atoms with E-state index in [9.17, 15) is 4.79 Å². The van der Waals surface area contributed by atoms with Crippen LogP contribution < -0.4 is 5.32 Å². The largest absolute Gasteiger partial charge is 0.450 e. The molecule has 2 aromatic heterocycles. The Balaban J connectivity index is 1.97. The van der Waals surface area contributed by atoms with E-state index in [0.717, 1.165) is 0 Å². The first-order valence-corrected chi connectivity index (χ1v) is 5.44. The number of aromatic nitrogens is 3. The van der Waals surface area contributed by atoms with Gasteiger partial charge in [0.25, 0.3) is 5.89 Å². The monoisotopic (exact) mass is 248 g/mol. The number of amides is 1. The van der Waals surface area contributed by atoms with Crippen molar-refractivity contribution in [1.29, 1.82) is 0 Å². The summed E-state index contributed by atoms with van der Waals surface area (Å²) >= 11 is 0. The van der Waals surface area contributed by atoms with Crippen LogP contribution in [0.2, 0.25) is 0 Å². The van der Waals surface area contributed by atoms with Gasteiger partial charge in [-0.1, -0.05) is 6.07 Å². The quantitative estimate of drug-likeness (QED) is 0.878. The highest BCUT2D eigenvalue weighted by Gasteiger charge is 2.10. The molecule has 18 heavy (non-hydrogen) atoms. The number of nitrogens with zero attached hydrogens (tertiary/aromatic N) is 3. The van der Waals surface area contributed by atoms with Gasteiger partial charge in [-0.25, -0.2) is 4.79 Å². The molecular weight excluding hydrogens is 236 g/mol. The van der Waals surface area contributed by atoms with Crippen LogP contribution in [-0.4, -0.2) is 27.9 Å². The molecule has 0 saturated carbocycles. The molecule has 0 aliphatic rings. The van der Waals surface area contributed by atoms with Crippen molar-refractivity contribution in [3.63, 3.8) is 0 Å². The van der Waals surface area contributed by atoms with Crippen LogP contribution in [-0.2, 0) is 11.3 Å². The first-order valence-electron chi connectivity index (χ1n) is 5.44. The van der Waals surface area contributed by atoms with Crippen molar-refractivity contribution in [1.82, 2.24) is 20.5 Å². The summed E-state index contributed by atoms with van der Waals surface area (Å²) in [7, 11) is 0. The molecule has 7 nitrogen and oxygen atoms in total.